The molecule has 1 aliphatic rings. The van der Waals surface area contributed by atoms with Crippen LogP contribution >= 0.6 is 7.60 Å². The average Bonchev–Trinajstić information content (AvgIpc) is 2.76. The molecule has 0 saturated carbocycles. The first kappa shape index (κ1) is 18.5. The SMILES string of the molecule is O=P1(c2ccccc2)OCc2ccccc2N=CC=Nc2ccccc2CO1. The van der Waals surface area contributed by atoms with Gasteiger partial charge in [-0.05, 0) is 24.3 Å². The zero-order valence-electron chi connectivity index (χ0n) is 15.1. The molecule has 0 aromatic heterocycles. The van der Waals surface area contributed by atoms with Crippen LogP contribution < -0.4 is 5.30 Å². The molecule has 0 saturated heterocycles. The van der Waals surface area contributed by atoms with Gasteiger partial charge in [-0.2, -0.15) is 0 Å². The minimum absolute atomic E-state index is 0.123. The van der Waals surface area contributed by atoms with E-state index in [2.05, 4.69) is 9.98 Å². The topological polar surface area (TPSA) is 60.2 Å². The Bertz CT molecular complexity index is 1000. The molecule has 3 aromatic rings. The van der Waals surface area contributed by atoms with Gasteiger partial charge < -0.3 is 9.05 Å². The Balaban J connectivity index is 1.78. The van der Waals surface area contributed by atoms with E-state index in [9.17, 15) is 4.57 Å². The van der Waals surface area contributed by atoms with Gasteiger partial charge in [0.2, 0.25) is 0 Å². The third-order valence-corrected chi connectivity index (χ3v) is 6.20. The van der Waals surface area contributed by atoms with Crippen LogP contribution in [0.5, 0.6) is 0 Å². The second kappa shape index (κ2) is 8.44. The first-order valence-corrected chi connectivity index (χ1v) is 10.5. The molecule has 0 bridgehead atoms. The summed E-state index contributed by atoms with van der Waals surface area (Å²) in [5.41, 5.74) is 3.12. The Morgan fingerprint density at radius 1 is 0.643 bits per heavy atom. The molecule has 3 aromatic carbocycles. The van der Waals surface area contributed by atoms with Gasteiger partial charge in [0.1, 0.15) is 0 Å². The van der Waals surface area contributed by atoms with Crippen molar-refractivity contribution >= 4 is 36.7 Å². The summed E-state index contributed by atoms with van der Waals surface area (Å²) in [6.07, 6.45) is 3.29. The molecule has 4 rings (SSSR count). The molecule has 0 spiro atoms. The van der Waals surface area contributed by atoms with E-state index in [0.717, 1.165) is 22.5 Å². The van der Waals surface area contributed by atoms with E-state index < -0.39 is 7.60 Å². The molecule has 28 heavy (non-hydrogen) atoms. The largest absolute Gasteiger partial charge is 0.361 e. The van der Waals surface area contributed by atoms with Crippen LogP contribution in [0.3, 0.4) is 0 Å². The summed E-state index contributed by atoms with van der Waals surface area (Å²) in [5.74, 6) is 0. The number of fused-ring (bicyclic) bond motifs is 2. The highest BCUT2D eigenvalue weighted by molar-refractivity contribution is 7.62. The van der Waals surface area contributed by atoms with E-state index in [1.807, 2.05) is 66.7 Å². The van der Waals surface area contributed by atoms with Crippen molar-refractivity contribution in [2.45, 2.75) is 13.2 Å². The van der Waals surface area contributed by atoms with Gasteiger partial charge in [-0.3, -0.25) is 14.5 Å². The molecule has 0 fully saturated rings. The Kier molecular flexibility index (Phi) is 5.58. The summed E-state index contributed by atoms with van der Waals surface area (Å²) in [6.45, 7) is 0.247. The lowest BCUT2D eigenvalue weighted by Crippen LogP contribution is -2.10. The first-order chi connectivity index (χ1) is 13.7. The number of benzene rings is 3. The van der Waals surface area contributed by atoms with Crippen molar-refractivity contribution in [3.63, 3.8) is 0 Å². The molecule has 0 N–H and O–H groups in total. The highest BCUT2D eigenvalue weighted by Crippen LogP contribution is 2.49. The van der Waals surface area contributed by atoms with Crippen molar-refractivity contribution in [3.05, 3.63) is 90.0 Å². The van der Waals surface area contributed by atoms with Crippen LogP contribution in [0.15, 0.2) is 88.8 Å². The highest BCUT2D eigenvalue weighted by Gasteiger charge is 2.28. The Hall–Kier alpha value is -2.85. The van der Waals surface area contributed by atoms with Crippen molar-refractivity contribution in [2.24, 2.45) is 9.98 Å². The van der Waals surface area contributed by atoms with E-state index >= 15 is 0 Å². The molecule has 0 atom stereocenters. The summed E-state index contributed by atoms with van der Waals surface area (Å²) < 4.78 is 25.4. The maximum Gasteiger partial charge on any atom is 0.361 e. The predicted octanol–water partition coefficient (Wildman–Crippen LogP) is 5.36. The number of para-hydroxylation sites is 2. The number of nitrogens with zero attached hydrogens (tertiary/aromatic N) is 2. The first-order valence-electron chi connectivity index (χ1n) is 8.92. The van der Waals surface area contributed by atoms with Gasteiger partial charge in [0.25, 0.3) is 0 Å². The Morgan fingerprint density at radius 2 is 1.11 bits per heavy atom. The van der Waals surface area contributed by atoms with Crippen molar-refractivity contribution in [1.82, 2.24) is 0 Å². The zero-order chi connectivity index (χ0) is 19.2. The Morgan fingerprint density at radius 3 is 1.64 bits per heavy atom. The molecular formula is C22H19N2O3P. The van der Waals surface area contributed by atoms with E-state index in [1.165, 1.54) is 0 Å². The molecule has 140 valence electrons. The van der Waals surface area contributed by atoms with Gasteiger partial charge in [0.15, 0.2) is 0 Å². The molecule has 0 aliphatic carbocycles. The lowest BCUT2D eigenvalue weighted by Gasteiger charge is -2.20. The van der Waals surface area contributed by atoms with Crippen LogP contribution in [0.2, 0.25) is 0 Å². The molecule has 1 aliphatic heterocycles. The van der Waals surface area contributed by atoms with Crippen molar-refractivity contribution in [1.29, 1.82) is 0 Å². The summed E-state index contributed by atoms with van der Waals surface area (Å²) in [4.78, 5) is 8.92. The molecular weight excluding hydrogens is 371 g/mol. The fourth-order valence-electron chi connectivity index (χ4n) is 2.85. The van der Waals surface area contributed by atoms with E-state index in [4.69, 9.17) is 9.05 Å². The molecule has 0 radical (unpaired) electrons. The average molecular weight is 390 g/mol. The molecule has 0 amide bonds. The number of rotatable bonds is 1. The van der Waals surface area contributed by atoms with Crippen LogP contribution in [0.4, 0.5) is 11.4 Å². The van der Waals surface area contributed by atoms with Gasteiger partial charge in [-0.1, -0.05) is 54.6 Å². The Labute approximate surface area is 163 Å². The number of hydrogen-bond acceptors (Lipinski definition) is 5. The monoisotopic (exact) mass is 390 g/mol. The summed E-state index contributed by atoms with van der Waals surface area (Å²) in [7, 11) is -3.55. The maximum absolute atomic E-state index is 13.7. The van der Waals surface area contributed by atoms with Crippen molar-refractivity contribution in [3.8, 4) is 0 Å². The smallest absolute Gasteiger partial charge is 0.300 e. The fourth-order valence-corrected chi connectivity index (χ4v) is 4.38. The number of hydrogen-bond donors (Lipinski definition) is 0. The predicted molar refractivity (Wildman–Crippen MR) is 112 cm³/mol. The van der Waals surface area contributed by atoms with Crippen LogP contribution in [0.25, 0.3) is 0 Å². The van der Waals surface area contributed by atoms with E-state index in [0.29, 0.717) is 5.30 Å². The lowest BCUT2D eigenvalue weighted by atomic mass is 10.2. The standard InChI is InChI=1S/C22H19N2O3P/c25-28(20-10-2-1-3-11-20)26-16-18-8-4-6-12-21(18)23-14-15-24-22-13-7-5-9-19(22)17-27-28/h1-15H,16-17H2. The van der Waals surface area contributed by atoms with E-state index in [-0.39, 0.29) is 13.2 Å². The molecule has 5 nitrogen and oxygen atoms in total. The normalized spacial score (nSPS) is 19.6. The number of aliphatic imine (C=N–C) groups is 2. The zero-order valence-corrected chi connectivity index (χ0v) is 16.0. The quantitative estimate of drug-likeness (QED) is 0.526. The van der Waals surface area contributed by atoms with E-state index in [1.54, 1.807) is 24.6 Å². The van der Waals surface area contributed by atoms with Crippen LogP contribution in [0, 0.1) is 0 Å². The summed E-state index contributed by atoms with van der Waals surface area (Å²) in [6, 6.07) is 24.2. The second-order valence-electron chi connectivity index (χ2n) is 6.19. The summed E-state index contributed by atoms with van der Waals surface area (Å²) in [5, 5.41) is 0.520. The second-order valence-corrected chi connectivity index (χ2v) is 8.22. The molecule has 6 heteroatoms. The van der Waals surface area contributed by atoms with Crippen LogP contribution in [-0.2, 0) is 26.8 Å². The third kappa shape index (κ3) is 4.18. The molecule has 0 unspecified atom stereocenters. The highest BCUT2D eigenvalue weighted by atomic mass is 31.2. The van der Waals surface area contributed by atoms with Crippen LogP contribution in [0.1, 0.15) is 11.1 Å². The van der Waals surface area contributed by atoms with Gasteiger partial charge in [-0.15, -0.1) is 0 Å². The van der Waals surface area contributed by atoms with Crippen molar-refractivity contribution in [2.75, 3.05) is 0 Å². The van der Waals surface area contributed by atoms with Gasteiger partial charge in [0, 0.05) is 23.6 Å². The minimum Gasteiger partial charge on any atom is -0.300 e. The molecule has 1 heterocycles. The van der Waals surface area contributed by atoms with Crippen molar-refractivity contribution < 1.29 is 13.6 Å². The lowest BCUT2D eigenvalue weighted by molar-refractivity contribution is 0.200. The van der Waals surface area contributed by atoms with Gasteiger partial charge in [-0.25, -0.2) is 0 Å². The maximum atomic E-state index is 13.7. The third-order valence-electron chi connectivity index (χ3n) is 4.33. The fraction of sp³-hybridized carbons (Fsp3) is 0.0909. The van der Waals surface area contributed by atoms with Gasteiger partial charge >= 0.3 is 7.60 Å². The summed E-state index contributed by atoms with van der Waals surface area (Å²) >= 11 is 0. The van der Waals surface area contributed by atoms with Crippen LogP contribution in [-0.4, -0.2) is 12.4 Å². The minimum atomic E-state index is -3.55. The van der Waals surface area contributed by atoms with Gasteiger partial charge in [0.05, 0.1) is 29.9 Å².